The topological polar surface area (TPSA) is 18.5 Å². The van der Waals surface area contributed by atoms with E-state index in [9.17, 15) is 0 Å². The highest BCUT2D eigenvalue weighted by atomic mass is 16.7. The summed E-state index contributed by atoms with van der Waals surface area (Å²) in [7, 11) is -0.446. The van der Waals surface area contributed by atoms with Crippen LogP contribution in [-0.4, -0.2) is 18.3 Å². The predicted molar refractivity (Wildman–Crippen MR) is 140 cm³/mol. The van der Waals surface area contributed by atoms with E-state index >= 15 is 0 Å². The molecule has 0 aliphatic carbocycles. The molecule has 162 valence electrons. The Morgan fingerprint density at radius 1 is 0.545 bits per heavy atom. The summed E-state index contributed by atoms with van der Waals surface area (Å²) in [5.74, 6) is 0. The van der Waals surface area contributed by atoms with Gasteiger partial charge in [0, 0.05) is 0 Å². The molecular formula is C30H27BO2. The normalized spacial score (nSPS) is 17.3. The molecule has 6 rings (SSSR count). The molecule has 0 bridgehead atoms. The summed E-state index contributed by atoms with van der Waals surface area (Å²) in [5, 5.41) is 7.28. The van der Waals surface area contributed by atoms with Gasteiger partial charge in [-0.05, 0) is 76.6 Å². The molecule has 1 fully saturated rings. The van der Waals surface area contributed by atoms with Crippen LogP contribution in [0.1, 0.15) is 27.7 Å². The third-order valence-corrected chi connectivity index (χ3v) is 7.51. The van der Waals surface area contributed by atoms with E-state index in [2.05, 4.69) is 119 Å². The Morgan fingerprint density at radius 2 is 1.12 bits per heavy atom. The average Bonchev–Trinajstić information content (AvgIpc) is 3.04. The van der Waals surface area contributed by atoms with E-state index in [0.717, 1.165) is 5.46 Å². The molecule has 1 aliphatic rings. The molecular weight excluding hydrogens is 403 g/mol. The molecule has 1 saturated heterocycles. The predicted octanol–water partition coefficient (Wildman–Crippen LogP) is 7.11. The van der Waals surface area contributed by atoms with Gasteiger partial charge in [-0.25, -0.2) is 0 Å². The lowest BCUT2D eigenvalue weighted by atomic mass is 9.70. The zero-order chi connectivity index (χ0) is 22.8. The molecule has 0 atom stereocenters. The highest BCUT2D eigenvalue weighted by Crippen LogP contribution is 2.42. The van der Waals surface area contributed by atoms with Crippen molar-refractivity contribution < 1.29 is 9.31 Å². The number of fused-ring (bicyclic) bond motifs is 4. The van der Waals surface area contributed by atoms with Crippen LogP contribution in [0.15, 0.2) is 91.0 Å². The largest absolute Gasteiger partial charge is 0.496 e. The third kappa shape index (κ3) is 3.03. The van der Waals surface area contributed by atoms with Crippen LogP contribution in [-0.2, 0) is 9.31 Å². The number of hydrogen-bond donors (Lipinski definition) is 0. The maximum Gasteiger partial charge on any atom is 0.496 e. The highest BCUT2D eigenvalue weighted by molar-refractivity contribution is 6.69. The quantitative estimate of drug-likeness (QED) is 0.169. The van der Waals surface area contributed by atoms with E-state index in [1.807, 2.05) is 0 Å². The molecule has 1 aliphatic heterocycles. The van der Waals surface area contributed by atoms with E-state index in [1.54, 1.807) is 0 Å². The number of rotatable bonds is 2. The van der Waals surface area contributed by atoms with Gasteiger partial charge < -0.3 is 9.31 Å². The lowest BCUT2D eigenvalue weighted by Crippen LogP contribution is -2.41. The number of benzene rings is 5. The molecule has 0 aromatic heterocycles. The molecule has 3 heteroatoms. The van der Waals surface area contributed by atoms with Crippen molar-refractivity contribution in [3.63, 3.8) is 0 Å². The summed E-state index contributed by atoms with van der Waals surface area (Å²) >= 11 is 0. The molecule has 33 heavy (non-hydrogen) atoms. The Labute approximate surface area is 195 Å². The monoisotopic (exact) mass is 430 g/mol. The number of hydrogen-bond acceptors (Lipinski definition) is 2. The van der Waals surface area contributed by atoms with Crippen LogP contribution in [0.2, 0.25) is 0 Å². The lowest BCUT2D eigenvalue weighted by Gasteiger charge is -2.32. The van der Waals surface area contributed by atoms with Crippen LogP contribution in [0.4, 0.5) is 0 Å². The molecule has 0 spiro atoms. The summed E-state index contributed by atoms with van der Waals surface area (Å²) in [6.07, 6.45) is 0. The highest BCUT2D eigenvalue weighted by Gasteiger charge is 2.52. The van der Waals surface area contributed by atoms with Crippen molar-refractivity contribution in [1.82, 2.24) is 0 Å². The first-order valence-corrected chi connectivity index (χ1v) is 11.6. The second kappa shape index (κ2) is 7.18. The zero-order valence-electron chi connectivity index (χ0n) is 19.6. The molecule has 5 aromatic carbocycles. The first kappa shape index (κ1) is 20.5. The molecule has 0 unspecified atom stereocenters. The smallest absolute Gasteiger partial charge is 0.399 e. The van der Waals surface area contributed by atoms with Crippen LogP contribution < -0.4 is 5.46 Å². The molecule has 1 heterocycles. The second-order valence-electron chi connectivity index (χ2n) is 10.00. The minimum absolute atomic E-state index is 0.409. The van der Waals surface area contributed by atoms with E-state index in [0.29, 0.717) is 0 Å². The Balaban J connectivity index is 1.81. The summed E-state index contributed by atoms with van der Waals surface area (Å²) < 4.78 is 13.3. The average molecular weight is 430 g/mol. The second-order valence-corrected chi connectivity index (χ2v) is 10.00. The minimum Gasteiger partial charge on any atom is -0.399 e. The first-order chi connectivity index (χ1) is 15.9. The zero-order valence-corrected chi connectivity index (χ0v) is 19.6. The molecule has 0 radical (unpaired) electrons. The van der Waals surface area contributed by atoms with Crippen molar-refractivity contribution in [1.29, 1.82) is 0 Å². The fourth-order valence-electron chi connectivity index (χ4n) is 5.11. The van der Waals surface area contributed by atoms with Gasteiger partial charge in [0.05, 0.1) is 11.2 Å². The first-order valence-electron chi connectivity index (χ1n) is 11.6. The van der Waals surface area contributed by atoms with Gasteiger partial charge in [0.1, 0.15) is 0 Å². The molecule has 0 saturated carbocycles. The fourth-order valence-corrected chi connectivity index (χ4v) is 5.11. The van der Waals surface area contributed by atoms with Crippen LogP contribution in [0.3, 0.4) is 0 Å². The summed E-state index contributed by atoms with van der Waals surface area (Å²) in [6, 6.07) is 32.5. The minimum atomic E-state index is -0.446. The fraction of sp³-hybridized carbons (Fsp3) is 0.200. The van der Waals surface area contributed by atoms with Crippen LogP contribution in [0.25, 0.3) is 43.4 Å². The van der Waals surface area contributed by atoms with Crippen LogP contribution in [0.5, 0.6) is 0 Å². The Morgan fingerprint density at radius 3 is 1.82 bits per heavy atom. The third-order valence-electron chi connectivity index (χ3n) is 7.51. The van der Waals surface area contributed by atoms with E-state index in [-0.39, 0.29) is 0 Å². The molecule has 2 nitrogen and oxygen atoms in total. The van der Waals surface area contributed by atoms with Crippen molar-refractivity contribution in [3.05, 3.63) is 91.0 Å². The van der Waals surface area contributed by atoms with Gasteiger partial charge in [0.25, 0.3) is 0 Å². The Bertz CT molecular complexity index is 1500. The van der Waals surface area contributed by atoms with Crippen LogP contribution >= 0.6 is 0 Å². The van der Waals surface area contributed by atoms with Gasteiger partial charge in [0.2, 0.25) is 0 Å². The van der Waals surface area contributed by atoms with Gasteiger partial charge in [-0.1, -0.05) is 91.0 Å². The van der Waals surface area contributed by atoms with Crippen LogP contribution in [0, 0.1) is 0 Å². The molecule has 0 amide bonds. The standard InChI is InChI=1S/C30H27BO2/c1-29(2)30(3,4)33-31(32-29)28-24-17-11-10-16-23(24)26(21-13-6-5-7-14-21)25-19-18-20-12-8-9-15-22(20)27(25)28/h5-19H,1-4H3. The Hall–Kier alpha value is -3.14. The summed E-state index contributed by atoms with van der Waals surface area (Å²) in [4.78, 5) is 0. The van der Waals surface area contributed by atoms with Crippen molar-refractivity contribution in [2.24, 2.45) is 0 Å². The van der Waals surface area contributed by atoms with Gasteiger partial charge in [-0.3, -0.25) is 0 Å². The van der Waals surface area contributed by atoms with E-state index < -0.39 is 18.3 Å². The maximum absolute atomic E-state index is 6.64. The van der Waals surface area contributed by atoms with Crippen molar-refractivity contribution in [3.8, 4) is 11.1 Å². The van der Waals surface area contributed by atoms with Crippen molar-refractivity contribution in [2.75, 3.05) is 0 Å². The molecule has 5 aromatic rings. The summed E-state index contributed by atoms with van der Waals surface area (Å²) in [5.41, 5.74) is 2.78. The van der Waals surface area contributed by atoms with E-state index in [4.69, 9.17) is 9.31 Å². The van der Waals surface area contributed by atoms with E-state index in [1.165, 1.54) is 43.4 Å². The van der Waals surface area contributed by atoms with Gasteiger partial charge in [0.15, 0.2) is 0 Å². The summed E-state index contributed by atoms with van der Waals surface area (Å²) in [6.45, 7) is 8.48. The van der Waals surface area contributed by atoms with Gasteiger partial charge in [-0.2, -0.15) is 0 Å². The lowest BCUT2D eigenvalue weighted by molar-refractivity contribution is 0.00578. The van der Waals surface area contributed by atoms with Gasteiger partial charge >= 0.3 is 7.12 Å². The SMILES string of the molecule is CC1(C)OB(c2c3ccccc3c(-c3ccccc3)c3ccc4ccccc4c23)OC1(C)C. The maximum atomic E-state index is 6.64. The van der Waals surface area contributed by atoms with Crippen molar-refractivity contribution in [2.45, 2.75) is 38.9 Å². The van der Waals surface area contributed by atoms with Crippen molar-refractivity contribution >= 4 is 44.9 Å². The van der Waals surface area contributed by atoms with Gasteiger partial charge in [-0.15, -0.1) is 0 Å². The molecule has 0 N–H and O–H groups in total. The Kier molecular flexibility index (Phi) is 4.45.